The molecule has 0 saturated heterocycles. The predicted octanol–water partition coefficient (Wildman–Crippen LogP) is 2.95. The quantitative estimate of drug-likeness (QED) is 0.881. The van der Waals surface area contributed by atoms with Gasteiger partial charge in [-0.3, -0.25) is 4.79 Å². The third-order valence-electron chi connectivity index (χ3n) is 3.13. The topological polar surface area (TPSA) is 69.1 Å². The maximum Gasteiger partial charge on any atom is 0.223 e. The van der Waals surface area contributed by atoms with Gasteiger partial charge in [0.2, 0.25) is 5.91 Å². The number of carbonyl (C=O) groups excluding carboxylic acids is 1. The van der Waals surface area contributed by atoms with Crippen LogP contribution in [0.2, 0.25) is 0 Å². The van der Waals surface area contributed by atoms with Crippen molar-refractivity contribution in [2.24, 2.45) is 16.9 Å². The SMILES string of the molecule is CC(C)(CC(N)c1ccc(C(C)(C)C)s1)C(N)=O. The van der Waals surface area contributed by atoms with Gasteiger partial charge in [0.1, 0.15) is 0 Å². The lowest BCUT2D eigenvalue weighted by atomic mass is 9.85. The lowest BCUT2D eigenvalue weighted by Crippen LogP contribution is -2.34. The van der Waals surface area contributed by atoms with E-state index in [0.29, 0.717) is 6.42 Å². The van der Waals surface area contributed by atoms with Gasteiger partial charge in [0.05, 0.1) is 0 Å². The van der Waals surface area contributed by atoms with E-state index in [-0.39, 0.29) is 17.4 Å². The lowest BCUT2D eigenvalue weighted by Gasteiger charge is -2.24. The summed E-state index contributed by atoms with van der Waals surface area (Å²) in [6.45, 7) is 10.2. The second-order valence-electron chi connectivity index (χ2n) is 6.51. The maximum absolute atomic E-state index is 11.3. The summed E-state index contributed by atoms with van der Waals surface area (Å²) in [7, 11) is 0. The van der Waals surface area contributed by atoms with Crippen molar-refractivity contribution in [1.82, 2.24) is 0 Å². The van der Waals surface area contributed by atoms with Crippen LogP contribution >= 0.6 is 11.3 Å². The van der Waals surface area contributed by atoms with E-state index in [1.165, 1.54) is 4.88 Å². The van der Waals surface area contributed by atoms with Gasteiger partial charge < -0.3 is 11.5 Å². The molecule has 1 atom stereocenters. The van der Waals surface area contributed by atoms with Crippen molar-refractivity contribution >= 4 is 17.2 Å². The number of carbonyl (C=O) groups is 1. The fraction of sp³-hybridized carbons (Fsp3) is 0.643. The van der Waals surface area contributed by atoms with E-state index in [2.05, 4.69) is 32.9 Å². The van der Waals surface area contributed by atoms with Gasteiger partial charge in [-0.15, -0.1) is 11.3 Å². The number of amides is 1. The van der Waals surface area contributed by atoms with E-state index in [1.807, 2.05) is 13.8 Å². The summed E-state index contributed by atoms with van der Waals surface area (Å²) in [4.78, 5) is 13.8. The first-order valence-corrected chi connectivity index (χ1v) is 7.01. The first-order valence-electron chi connectivity index (χ1n) is 6.20. The van der Waals surface area contributed by atoms with Crippen molar-refractivity contribution < 1.29 is 4.79 Å². The Kier molecular flexibility index (Phi) is 4.23. The fourth-order valence-electron chi connectivity index (χ4n) is 1.71. The summed E-state index contributed by atoms with van der Waals surface area (Å²) in [5, 5.41) is 0. The molecule has 102 valence electrons. The fourth-order valence-corrected chi connectivity index (χ4v) is 2.77. The summed E-state index contributed by atoms with van der Waals surface area (Å²) < 4.78 is 0. The molecule has 0 bridgehead atoms. The van der Waals surface area contributed by atoms with Crippen LogP contribution in [0.5, 0.6) is 0 Å². The van der Waals surface area contributed by atoms with Crippen LogP contribution < -0.4 is 11.5 Å². The highest BCUT2D eigenvalue weighted by Gasteiger charge is 2.29. The molecule has 0 aromatic carbocycles. The molecule has 3 nitrogen and oxygen atoms in total. The van der Waals surface area contributed by atoms with Crippen LogP contribution in [0, 0.1) is 5.41 Å². The molecule has 0 aliphatic heterocycles. The van der Waals surface area contributed by atoms with Crippen molar-refractivity contribution in [3.8, 4) is 0 Å². The Morgan fingerprint density at radius 3 is 2.22 bits per heavy atom. The predicted molar refractivity (Wildman–Crippen MR) is 77.5 cm³/mol. The minimum atomic E-state index is -0.564. The van der Waals surface area contributed by atoms with Crippen LogP contribution in [-0.4, -0.2) is 5.91 Å². The molecule has 1 heterocycles. The van der Waals surface area contributed by atoms with E-state index < -0.39 is 5.41 Å². The molecular weight excluding hydrogens is 244 g/mol. The standard InChI is InChI=1S/C14H24N2OS/c1-13(2,3)11-7-6-10(18-11)9(15)8-14(4,5)12(16)17/h6-7,9H,8,15H2,1-5H3,(H2,16,17). The number of primary amides is 1. The summed E-state index contributed by atoms with van der Waals surface area (Å²) >= 11 is 1.72. The Hall–Kier alpha value is -0.870. The van der Waals surface area contributed by atoms with Gasteiger partial charge >= 0.3 is 0 Å². The van der Waals surface area contributed by atoms with Crippen molar-refractivity contribution in [3.05, 3.63) is 21.9 Å². The highest BCUT2D eigenvalue weighted by atomic mass is 32.1. The zero-order valence-electron chi connectivity index (χ0n) is 11.9. The number of rotatable bonds is 4. The minimum absolute atomic E-state index is 0.131. The summed E-state index contributed by atoms with van der Waals surface area (Å²) in [5.74, 6) is -0.300. The van der Waals surface area contributed by atoms with E-state index in [0.717, 1.165) is 4.88 Å². The van der Waals surface area contributed by atoms with Gasteiger partial charge in [0.15, 0.2) is 0 Å². The average Bonchev–Trinajstić information content (AvgIpc) is 2.64. The largest absolute Gasteiger partial charge is 0.369 e. The molecule has 18 heavy (non-hydrogen) atoms. The van der Waals surface area contributed by atoms with Crippen LogP contribution in [0.15, 0.2) is 12.1 Å². The van der Waals surface area contributed by atoms with Gasteiger partial charge in [-0.2, -0.15) is 0 Å². The molecule has 0 spiro atoms. The third kappa shape index (κ3) is 3.56. The molecule has 1 unspecified atom stereocenters. The summed E-state index contributed by atoms with van der Waals surface area (Å²) in [5.41, 5.74) is 11.1. The van der Waals surface area contributed by atoms with Crippen molar-refractivity contribution in [1.29, 1.82) is 0 Å². The second-order valence-corrected chi connectivity index (χ2v) is 7.63. The Morgan fingerprint density at radius 2 is 1.83 bits per heavy atom. The molecule has 0 fully saturated rings. The van der Waals surface area contributed by atoms with E-state index in [4.69, 9.17) is 11.5 Å². The first kappa shape index (κ1) is 15.2. The minimum Gasteiger partial charge on any atom is -0.369 e. The van der Waals surface area contributed by atoms with Crippen LogP contribution in [0.4, 0.5) is 0 Å². The van der Waals surface area contributed by atoms with Crippen LogP contribution in [0.1, 0.15) is 56.8 Å². The van der Waals surface area contributed by atoms with Gasteiger partial charge in [0.25, 0.3) is 0 Å². The molecule has 0 radical (unpaired) electrons. The lowest BCUT2D eigenvalue weighted by molar-refractivity contribution is -0.126. The van der Waals surface area contributed by atoms with Crippen molar-refractivity contribution in [2.75, 3.05) is 0 Å². The molecule has 1 aromatic heterocycles. The van der Waals surface area contributed by atoms with E-state index >= 15 is 0 Å². The highest BCUT2D eigenvalue weighted by molar-refractivity contribution is 7.12. The molecule has 1 rings (SSSR count). The normalized spacial score (nSPS) is 14.6. The van der Waals surface area contributed by atoms with Crippen LogP contribution in [-0.2, 0) is 10.2 Å². The van der Waals surface area contributed by atoms with E-state index in [9.17, 15) is 4.79 Å². The third-order valence-corrected chi connectivity index (χ3v) is 4.77. The Morgan fingerprint density at radius 1 is 1.28 bits per heavy atom. The first-order chi connectivity index (χ1) is 8.04. The van der Waals surface area contributed by atoms with Gasteiger partial charge in [-0.25, -0.2) is 0 Å². The maximum atomic E-state index is 11.3. The molecule has 4 heteroatoms. The van der Waals surface area contributed by atoms with Crippen molar-refractivity contribution in [2.45, 2.75) is 52.5 Å². The zero-order chi connectivity index (χ0) is 14.1. The second kappa shape index (κ2) is 5.02. The molecule has 0 aliphatic rings. The molecule has 1 amide bonds. The Labute approximate surface area is 114 Å². The van der Waals surface area contributed by atoms with Gasteiger partial charge in [0, 0.05) is 21.2 Å². The average molecular weight is 268 g/mol. The van der Waals surface area contributed by atoms with Gasteiger partial charge in [-0.05, 0) is 24.0 Å². The molecule has 1 aromatic rings. The zero-order valence-corrected chi connectivity index (χ0v) is 12.7. The molecular formula is C14H24N2OS. The van der Waals surface area contributed by atoms with E-state index in [1.54, 1.807) is 11.3 Å². The summed E-state index contributed by atoms with van der Waals surface area (Å²) in [6, 6.07) is 4.05. The Balaban J connectivity index is 2.83. The number of hydrogen-bond acceptors (Lipinski definition) is 3. The van der Waals surface area contributed by atoms with Crippen LogP contribution in [0.25, 0.3) is 0 Å². The monoisotopic (exact) mass is 268 g/mol. The number of hydrogen-bond donors (Lipinski definition) is 2. The summed E-state index contributed by atoms with van der Waals surface area (Å²) in [6.07, 6.45) is 0.576. The molecule has 4 N–H and O–H groups in total. The Bertz CT molecular complexity index is 429. The smallest absolute Gasteiger partial charge is 0.223 e. The molecule has 0 aliphatic carbocycles. The van der Waals surface area contributed by atoms with Crippen LogP contribution in [0.3, 0.4) is 0 Å². The highest BCUT2D eigenvalue weighted by Crippen LogP contribution is 2.35. The van der Waals surface area contributed by atoms with Crippen molar-refractivity contribution in [3.63, 3.8) is 0 Å². The van der Waals surface area contributed by atoms with Gasteiger partial charge in [-0.1, -0.05) is 34.6 Å². The molecule has 0 saturated carbocycles. The number of nitrogens with two attached hydrogens (primary N) is 2. The number of thiophene rings is 1.